The molecule has 2 aliphatic rings. The number of allylic oxidation sites excluding steroid dienone is 2. The number of carbonyl (C=O) groups is 1. The minimum absolute atomic E-state index is 0.0968. The first kappa shape index (κ1) is 14.0. The predicted molar refractivity (Wildman–Crippen MR) is 83.0 cm³/mol. The highest BCUT2D eigenvalue weighted by Gasteiger charge is 2.22. The summed E-state index contributed by atoms with van der Waals surface area (Å²) in [5.74, 6) is 0.0968. The molecule has 0 spiro atoms. The minimum atomic E-state index is 0.0968. The predicted octanol–water partition coefficient (Wildman–Crippen LogP) is 2.12. The molecule has 3 rings (SSSR count). The van der Waals surface area contributed by atoms with Gasteiger partial charge in [-0.1, -0.05) is 18.2 Å². The fourth-order valence-corrected chi connectivity index (χ4v) is 2.82. The van der Waals surface area contributed by atoms with Gasteiger partial charge in [-0.2, -0.15) is 0 Å². The second-order valence-corrected chi connectivity index (χ2v) is 5.57. The third kappa shape index (κ3) is 3.58. The summed E-state index contributed by atoms with van der Waals surface area (Å²) in [6.07, 6.45) is 12.5. The second-order valence-electron chi connectivity index (χ2n) is 5.57. The van der Waals surface area contributed by atoms with E-state index in [1.54, 1.807) is 12.4 Å². The summed E-state index contributed by atoms with van der Waals surface area (Å²) >= 11 is 0. The highest BCUT2D eigenvalue weighted by atomic mass is 16.2. The highest BCUT2D eigenvalue weighted by Crippen LogP contribution is 2.13. The Morgan fingerprint density at radius 3 is 2.71 bits per heavy atom. The SMILES string of the molecule is O=C(c1cccnc1)N1CCN(CC2=CCCC=C2)CC1. The molecule has 0 saturated carbocycles. The van der Waals surface area contributed by atoms with Crippen LogP contribution in [0.3, 0.4) is 0 Å². The van der Waals surface area contributed by atoms with Gasteiger partial charge in [-0.15, -0.1) is 0 Å². The van der Waals surface area contributed by atoms with Gasteiger partial charge in [0.25, 0.3) is 5.91 Å². The van der Waals surface area contributed by atoms with Crippen molar-refractivity contribution in [3.63, 3.8) is 0 Å². The molecule has 0 unspecified atom stereocenters. The van der Waals surface area contributed by atoms with Crippen LogP contribution in [0.25, 0.3) is 0 Å². The lowest BCUT2D eigenvalue weighted by Crippen LogP contribution is -2.49. The van der Waals surface area contributed by atoms with Crippen LogP contribution in [-0.4, -0.2) is 53.4 Å². The first-order valence-corrected chi connectivity index (χ1v) is 7.60. The molecule has 4 nitrogen and oxygen atoms in total. The largest absolute Gasteiger partial charge is 0.336 e. The molecular formula is C17H21N3O. The Bertz CT molecular complexity index is 542. The van der Waals surface area contributed by atoms with Crippen molar-refractivity contribution in [3.05, 3.63) is 53.9 Å². The van der Waals surface area contributed by atoms with E-state index in [4.69, 9.17) is 0 Å². The van der Waals surface area contributed by atoms with Gasteiger partial charge in [-0.25, -0.2) is 0 Å². The smallest absolute Gasteiger partial charge is 0.255 e. The quantitative estimate of drug-likeness (QED) is 0.852. The van der Waals surface area contributed by atoms with Crippen molar-refractivity contribution in [1.82, 2.24) is 14.8 Å². The molecule has 110 valence electrons. The monoisotopic (exact) mass is 283 g/mol. The topological polar surface area (TPSA) is 36.4 Å². The summed E-state index contributed by atoms with van der Waals surface area (Å²) < 4.78 is 0. The van der Waals surface area contributed by atoms with Crippen LogP contribution in [-0.2, 0) is 0 Å². The summed E-state index contributed by atoms with van der Waals surface area (Å²) in [6.45, 7) is 4.48. The van der Waals surface area contributed by atoms with E-state index in [9.17, 15) is 4.79 Å². The molecule has 0 atom stereocenters. The van der Waals surface area contributed by atoms with E-state index < -0.39 is 0 Å². The van der Waals surface area contributed by atoms with Crippen LogP contribution < -0.4 is 0 Å². The van der Waals surface area contributed by atoms with Crippen LogP contribution in [0.15, 0.2) is 48.3 Å². The van der Waals surface area contributed by atoms with Crippen molar-refractivity contribution in [2.24, 2.45) is 0 Å². The van der Waals surface area contributed by atoms with E-state index in [-0.39, 0.29) is 5.91 Å². The lowest BCUT2D eigenvalue weighted by atomic mass is 10.1. The summed E-state index contributed by atoms with van der Waals surface area (Å²) in [6, 6.07) is 3.64. The highest BCUT2D eigenvalue weighted by molar-refractivity contribution is 5.93. The number of hydrogen-bond acceptors (Lipinski definition) is 3. The third-order valence-corrected chi connectivity index (χ3v) is 4.05. The Kier molecular flexibility index (Phi) is 4.46. The van der Waals surface area contributed by atoms with E-state index >= 15 is 0 Å². The average molecular weight is 283 g/mol. The second kappa shape index (κ2) is 6.68. The molecule has 0 bridgehead atoms. The molecule has 1 fully saturated rings. The van der Waals surface area contributed by atoms with Crippen LogP contribution in [0.5, 0.6) is 0 Å². The number of pyridine rings is 1. The third-order valence-electron chi connectivity index (χ3n) is 4.05. The number of rotatable bonds is 3. The van der Waals surface area contributed by atoms with Crippen LogP contribution in [0.1, 0.15) is 23.2 Å². The normalized spacial score (nSPS) is 19.4. The molecule has 1 saturated heterocycles. The molecule has 1 aromatic rings. The van der Waals surface area contributed by atoms with E-state index in [1.807, 2.05) is 17.0 Å². The van der Waals surface area contributed by atoms with Crippen LogP contribution >= 0.6 is 0 Å². The van der Waals surface area contributed by atoms with Crippen molar-refractivity contribution in [1.29, 1.82) is 0 Å². The maximum absolute atomic E-state index is 12.3. The van der Waals surface area contributed by atoms with E-state index in [0.717, 1.165) is 45.6 Å². The summed E-state index contributed by atoms with van der Waals surface area (Å²) in [4.78, 5) is 20.7. The zero-order valence-corrected chi connectivity index (χ0v) is 12.2. The maximum atomic E-state index is 12.3. The lowest BCUT2D eigenvalue weighted by molar-refractivity contribution is 0.0648. The first-order valence-electron chi connectivity index (χ1n) is 7.60. The van der Waals surface area contributed by atoms with Gasteiger partial charge in [0.2, 0.25) is 0 Å². The van der Waals surface area contributed by atoms with E-state index in [1.165, 1.54) is 5.57 Å². The van der Waals surface area contributed by atoms with Crippen LogP contribution in [0.2, 0.25) is 0 Å². The van der Waals surface area contributed by atoms with Gasteiger partial charge in [-0.3, -0.25) is 14.7 Å². The number of piperazine rings is 1. The summed E-state index contributed by atoms with van der Waals surface area (Å²) in [7, 11) is 0. The molecule has 1 aliphatic carbocycles. The Hall–Kier alpha value is -1.94. The number of carbonyl (C=O) groups excluding carboxylic acids is 1. The fourth-order valence-electron chi connectivity index (χ4n) is 2.82. The van der Waals surface area contributed by atoms with Crippen LogP contribution in [0.4, 0.5) is 0 Å². The van der Waals surface area contributed by atoms with Gasteiger partial charge in [0, 0.05) is 45.1 Å². The molecule has 0 N–H and O–H groups in total. The van der Waals surface area contributed by atoms with Crippen molar-refractivity contribution in [3.8, 4) is 0 Å². The zero-order valence-electron chi connectivity index (χ0n) is 12.2. The Labute approximate surface area is 125 Å². The number of aromatic nitrogens is 1. The first-order chi connectivity index (χ1) is 10.3. The summed E-state index contributed by atoms with van der Waals surface area (Å²) in [5.41, 5.74) is 2.09. The fraction of sp³-hybridized carbons (Fsp3) is 0.412. The van der Waals surface area contributed by atoms with Crippen molar-refractivity contribution >= 4 is 5.91 Å². The van der Waals surface area contributed by atoms with Crippen molar-refractivity contribution < 1.29 is 4.79 Å². The number of hydrogen-bond donors (Lipinski definition) is 0. The van der Waals surface area contributed by atoms with Gasteiger partial charge in [0.05, 0.1) is 5.56 Å². The molecule has 1 aliphatic heterocycles. The average Bonchev–Trinajstić information content (AvgIpc) is 2.57. The molecule has 2 heterocycles. The lowest BCUT2D eigenvalue weighted by Gasteiger charge is -2.35. The van der Waals surface area contributed by atoms with Crippen molar-refractivity contribution in [2.45, 2.75) is 12.8 Å². The molecule has 1 aromatic heterocycles. The van der Waals surface area contributed by atoms with Crippen molar-refractivity contribution in [2.75, 3.05) is 32.7 Å². The maximum Gasteiger partial charge on any atom is 0.255 e. The van der Waals surface area contributed by atoms with Gasteiger partial charge in [0.1, 0.15) is 0 Å². The van der Waals surface area contributed by atoms with Gasteiger partial charge in [0.15, 0.2) is 0 Å². The molecule has 0 aromatic carbocycles. The Balaban J connectivity index is 1.52. The van der Waals surface area contributed by atoms with Gasteiger partial charge >= 0.3 is 0 Å². The molecule has 21 heavy (non-hydrogen) atoms. The molecule has 1 amide bonds. The Morgan fingerprint density at radius 1 is 1.19 bits per heavy atom. The van der Waals surface area contributed by atoms with E-state index in [0.29, 0.717) is 5.56 Å². The minimum Gasteiger partial charge on any atom is -0.336 e. The standard InChI is InChI=1S/C17H21N3O/c21-17(16-7-4-8-18-13-16)20-11-9-19(10-12-20)14-15-5-2-1-3-6-15/h2,4-8,13H,1,3,9-12,14H2. The number of amides is 1. The zero-order chi connectivity index (χ0) is 14.5. The molecule has 4 heteroatoms. The van der Waals surface area contributed by atoms with Gasteiger partial charge < -0.3 is 4.90 Å². The van der Waals surface area contributed by atoms with E-state index in [2.05, 4.69) is 28.1 Å². The van der Waals surface area contributed by atoms with Gasteiger partial charge in [-0.05, 0) is 30.5 Å². The summed E-state index contributed by atoms with van der Waals surface area (Å²) in [5, 5.41) is 0. The number of nitrogens with zero attached hydrogens (tertiary/aromatic N) is 3. The Morgan fingerprint density at radius 2 is 2.05 bits per heavy atom. The molecule has 0 radical (unpaired) electrons. The van der Waals surface area contributed by atoms with Crippen LogP contribution in [0, 0.1) is 0 Å². The molecular weight excluding hydrogens is 262 g/mol.